The lowest BCUT2D eigenvalue weighted by atomic mass is 10.0. The zero-order valence-electron chi connectivity index (χ0n) is 12.7. The number of aliphatic imine (C=N–C) groups is 1. The van der Waals surface area contributed by atoms with E-state index in [2.05, 4.69) is 84.7 Å². The first kappa shape index (κ1) is 14.3. The fourth-order valence-electron chi connectivity index (χ4n) is 2.41. The first-order valence-electron chi connectivity index (χ1n) is 7.56. The Morgan fingerprint density at radius 1 is 0.682 bits per heavy atom. The average molecular weight is 285 g/mol. The molecule has 3 aromatic rings. The van der Waals surface area contributed by atoms with Gasteiger partial charge in [-0.3, -0.25) is 4.99 Å². The molecule has 3 aromatic carbocycles. The van der Waals surface area contributed by atoms with Crippen molar-refractivity contribution in [2.24, 2.45) is 4.99 Å². The molecule has 0 amide bonds. The molecule has 1 atom stereocenters. The van der Waals surface area contributed by atoms with Gasteiger partial charge in [0.05, 0.1) is 6.04 Å². The second kappa shape index (κ2) is 6.86. The van der Waals surface area contributed by atoms with Gasteiger partial charge >= 0.3 is 0 Å². The van der Waals surface area contributed by atoms with E-state index in [1.54, 1.807) is 0 Å². The predicted octanol–water partition coefficient (Wildman–Crippen LogP) is 5.53. The van der Waals surface area contributed by atoms with E-state index in [9.17, 15) is 0 Å². The van der Waals surface area contributed by atoms with Crippen molar-refractivity contribution >= 4 is 6.21 Å². The van der Waals surface area contributed by atoms with Gasteiger partial charge in [-0.25, -0.2) is 0 Å². The summed E-state index contributed by atoms with van der Waals surface area (Å²) in [5.74, 6) is 0. The Bertz CT molecular complexity index is 728. The van der Waals surface area contributed by atoms with Gasteiger partial charge in [0.15, 0.2) is 0 Å². The molecule has 0 saturated heterocycles. The van der Waals surface area contributed by atoms with Crippen LogP contribution in [0.4, 0.5) is 0 Å². The van der Waals surface area contributed by atoms with E-state index in [1.807, 2.05) is 18.3 Å². The third kappa shape index (κ3) is 3.50. The van der Waals surface area contributed by atoms with Crippen molar-refractivity contribution < 1.29 is 0 Å². The maximum absolute atomic E-state index is 4.64. The number of benzene rings is 3. The van der Waals surface area contributed by atoms with Crippen LogP contribution < -0.4 is 0 Å². The number of rotatable bonds is 4. The van der Waals surface area contributed by atoms with Gasteiger partial charge in [-0.1, -0.05) is 84.9 Å². The number of hydrogen-bond acceptors (Lipinski definition) is 1. The molecular weight excluding hydrogens is 266 g/mol. The van der Waals surface area contributed by atoms with Crippen LogP contribution in [0.15, 0.2) is 89.9 Å². The molecule has 1 heteroatoms. The molecule has 0 aromatic heterocycles. The average Bonchev–Trinajstić information content (AvgIpc) is 2.61. The van der Waals surface area contributed by atoms with Crippen molar-refractivity contribution in [3.63, 3.8) is 0 Å². The van der Waals surface area contributed by atoms with E-state index in [0.717, 1.165) is 5.56 Å². The third-order valence-electron chi connectivity index (χ3n) is 3.75. The Morgan fingerprint density at radius 2 is 1.23 bits per heavy atom. The summed E-state index contributed by atoms with van der Waals surface area (Å²) in [6, 6.07) is 29.5. The first-order valence-corrected chi connectivity index (χ1v) is 7.56. The minimum atomic E-state index is 0.176. The van der Waals surface area contributed by atoms with Crippen molar-refractivity contribution in [1.29, 1.82) is 0 Å². The van der Waals surface area contributed by atoms with Gasteiger partial charge in [0, 0.05) is 6.21 Å². The lowest BCUT2D eigenvalue weighted by Gasteiger charge is -2.06. The Morgan fingerprint density at radius 3 is 1.86 bits per heavy atom. The van der Waals surface area contributed by atoms with Crippen LogP contribution in [0.1, 0.15) is 24.1 Å². The summed E-state index contributed by atoms with van der Waals surface area (Å²) in [6.07, 6.45) is 1.95. The maximum atomic E-state index is 4.64. The fourth-order valence-corrected chi connectivity index (χ4v) is 2.41. The summed E-state index contributed by atoms with van der Waals surface area (Å²) in [4.78, 5) is 4.64. The standard InChI is InChI=1S/C21H19N/c1-17(19-8-4-2-5-9-19)22-16-18-12-14-21(15-13-18)20-10-6-3-7-11-20/h2-17H,1H3. The van der Waals surface area contributed by atoms with Crippen molar-refractivity contribution in [3.05, 3.63) is 96.1 Å². The van der Waals surface area contributed by atoms with Crippen molar-refractivity contribution in [2.45, 2.75) is 13.0 Å². The molecule has 0 fully saturated rings. The molecule has 0 radical (unpaired) electrons. The normalized spacial score (nSPS) is 12.4. The summed E-state index contributed by atoms with van der Waals surface area (Å²) in [7, 11) is 0. The minimum absolute atomic E-state index is 0.176. The van der Waals surface area contributed by atoms with Crippen molar-refractivity contribution in [2.75, 3.05) is 0 Å². The van der Waals surface area contributed by atoms with Crippen molar-refractivity contribution in [1.82, 2.24) is 0 Å². The van der Waals surface area contributed by atoms with E-state index in [0.29, 0.717) is 0 Å². The summed E-state index contributed by atoms with van der Waals surface area (Å²) >= 11 is 0. The van der Waals surface area contributed by atoms with Crippen LogP contribution in [0.5, 0.6) is 0 Å². The highest BCUT2D eigenvalue weighted by Gasteiger charge is 2.01. The maximum Gasteiger partial charge on any atom is 0.0721 e. The lowest BCUT2D eigenvalue weighted by Crippen LogP contribution is -1.90. The van der Waals surface area contributed by atoms with E-state index in [-0.39, 0.29) is 6.04 Å². The van der Waals surface area contributed by atoms with Gasteiger partial charge in [0.2, 0.25) is 0 Å². The topological polar surface area (TPSA) is 12.4 Å². The molecule has 0 aliphatic carbocycles. The smallest absolute Gasteiger partial charge is 0.0721 e. The molecule has 0 aliphatic heterocycles. The SMILES string of the molecule is CC(N=Cc1ccc(-c2ccccc2)cc1)c1ccccc1. The highest BCUT2D eigenvalue weighted by Crippen LogP contribution is 2.19. The van der Waals surface area contributed by atoms with Gasteiger partial charge in [-0.2, -0.15) is 0 Å². The Hall–Kier alpha value is -2.67. The van der Waals surface area contributed by atoms with Gasteiger partial charge < -0.3 is 0 Å². The van der Waals surface area contributed by atoms with Crippen LogP contribution in [-0.2, 0) is 0 Å². The highest BCUT2D eigenvalue weighted by molar-refractivity contribution is 5.81. The van der Waals surface area contributed by atoms with E-state index in [4.69, 9.17) is 0 Å². The summed E-state index contributed by atoms with van der Waals surface area (Å²) < 4.78 is 0. The van der Waals surface area contributed by atoms with Crippen LogP contribution in [0.3, 0.4) is 0 Å². The molecule has 1 nitrogen and oxygen atoms in total. The third-order valence-corrected chi connectivity index (χ3v) is 3.75. The molecule has 3 rings (SSSR count). The van der Waals surface area contributed by atoms with Gasteiger partial charge in [-0.15, -0.1) is 0 Å². The van der Waals surface area contributed by atoms with Crippen LogP contribution >= 0.6 is 0 Å². The van der Waals surface area contributed by atoms with Crippen LogP contribution in [-0.4, -0.2) is 6.21 Å². The molecule has 0 aliphatic rings. The molecule has 22 heavy (non-hydrogen) atoms. The summed E-state index contributed by atoms with van der Waals surface area (Å²) in [6.45, 7) is 2.12. The Balaban J connectivity index is 1.72. The van der Waals surface area contributed by atoms with Crippen LogP contribution in [0.25, 0.3) is 11.1 Å². The molecule has 0 saturated carbocycles. The second-order valence-electron chi connectivity index (χ2n) is 5.35. The van der Waals surface area contributed by atoms with E-state index >= 15 is 0 Å². The molecule has 0 N–H and O–H groups in total. The number of hydrogen-bond donors (Lipinski definition) is 0. The van der Waals surface area contributed by atoms with Gasteiger partial charge in [0.25, 0.3) is 0 Å². The van der Waals surface area contributed by atoms with Crippen molar-refractivity contribution in [3.8, 4) is 11.1 Å². The minimum Gasteiger partial charge on any atom is -0.285 e. The fraction of sp³-hybridized carbons (Fsp3) is 0.0952. The quantitative estimate of drug-likeness (QED) is 0.559. The van der Waals surface area contributed by atoms with E-state index < -0.39 is 0 Å². The number of nitrogens with zero attached hydrogens (tertiary/aromatic N) is 1. The molecule has 1 unspecified atom stereocenters. The lowest BCUT2D eigenvalue weighted by molar-refractivity contribution is 0.825. The monoisotopic (exact) mass is 285 g/mol. The zero-order chi connectivity index (χ0) is 15.2. The largest absolute Gasteiger partial charge is 0.285 e. The molecule has 108 valence electrons. The van der Waals surface area contributed by atoms with Crippen LogP contribution in [0.2, 0.25) is 0 Å². The molecule has 0 spiro atoms. The van der Waals surface area contributed by atoms with Gasteiger partial charge in [-0.05, 0) is 29.2 Å². The second-order valence-corrected chi connectivity index (χ2v) is 5.35. The molecular formula is C21H19N. The van der Waals surface area contributed by atoms with Crippen LogP contribution in [0, 0.1) is 0 Å². The Labute approximate surface area is 132 Å². The Kier molecular flexibility index (Phi) is 4.45. The highest BCUT2D eigenvalue weighted by atomic mass is 14.8. The molecule has 0 bridgehead atoms. The molecule has 0 heterocycles. The zero-order valence-corrected chi connectivity index (χ0v) is 12.7. The predicted molar refractivity (Wildman–Crippen MR) is 94.3 cm³/mol. The first-order chi connectivity index (χ1) is 10.8. The van der Waals surface area contributed by atoms with E-state index in [1.165, 1.54) is 16.7 Å². The summed E-state index contributed by atoms with van der Waals surface area (Å²) in [5, 5.41) is 0. The van der Waals surface area contributed by atoms with Gasteiger partial charge in [0.1, 0.15) is 0 Å². The summed E-state index contributed by atoms with van der Waals surface area (Å²) in [5.41, 5.74) is 4.83.